The normalized spacial score (nSPS) is 22.0. The lowest BCUT2D eigenvalue weighted by Crippen LogP contribution is -2.55. The number of nitrogens with one attached hydrogen (secondary N) is 1. The highest BCUT2D eigenvalue weighted by Crippen LogP contribution is 2.24. The highest BCUT2D eigenvalue weighted by Gasteiger charge is 2.43. The van der Waals surface area contributed by atoms with Gasteiger partial charge in [-0.2, -0.15) is 0 Å². The Bertz CT molecular complexity index is 554. The van der Waals surface area contributed by atoms with Gasteiger partial charge in [-0.05, 0) is 38.1 Å². The summed E-state index contributed by atoms with van der Waals surface area (Å²) in [6, 6.07) is 5.52. The molecule has 1 fully saturated rings. The van der Waals surface area contributed by atoms with Crippen LogP contribution in [0.5, 0.6) is 5.75 Å². The number of Topliss-reactive ketones (excluding diaryl/α,β-unsaturated/α-hetero) is 1. The Hall–Kier alpha value is -2.12. The van der Waals surface area contributed by atoms with Crippen LogP contribution in [0.15, 0.2) is 24.3 Å². The predicted octanol–water partition coefficient (Wildman–Crippen LogP) is 1.28. The van der Waals surface area contributed by atoms with Gasteiger partial charge in [-0.25, -0.2) is 4.79 Å². The van der Waals surface area contributed by atoms with E-state index in [2.05, 4.69) is 5.32 Å². The maximum Gasteiger partial charge on any atom is 0.329 e. The van der Waals surface area contributed by atoms with Crippen molar-refractivity contribution in [2.24, 2.45) is 0 Å². The number of anilines is 1. The van der Waals surface area contributed by atoms with Crippen LogP contribution in [0.1, 0.15) is 13.8 Å². The average Bonchev–Trinajstić information content (AvgIpc) is 2.48. The first-order valence-electron chi connectivity index (χ1n) is 6.80. The molecule has 1 saturated heterocycles. The van der Waals surface area contributed by atoms with Crippen LogP contribution < -0.4 is 10.1 Å². The predicted molar refractivity (Wildman–Crippen MR) is 78.0 cm³/mol. The fourth-order valence-electron chi connectivity index (χ4n) is 2.12. The van der Waals surface area contributed by atoms with Crippen LogP contribution in [0.2, 0.25) is 0 Å². The van der Waals surface area contributed by atoms with Gasteiger partial charge in [-0.1, -0.05) is 0 Å². The number of carboxylic acid groups (broad SMARTS) is 1. The third-order valence-corrected chi connectivity index (χ3v) is 3.27. The zero-order chi connectivity index (χ0) is 16.3. The molecule has 1 aliphatic heterocycles. The third kappa shape index (κ3) is 3.75. The van der Waals surface area contributed by atoms with E-state index in [0.717, 1.165) is 0 Å². The van der Waals surface area contributed by atoms with Gasteiger partial charge < -0.3 is 24.6 Å². The summed E-state index contributed by atoms with van der Waals surface area (Å²) in [7, 11) is 1.54. The van der Waals surface area contributed by atoms with E-state index in [1.807, 2.05) is 0 Å². The van der Waals surface area contributed by atoms with Gasteiger partial charge in [0.15, 0.2) is 23.7 Å². The highest BCUT2D eigenvalue weighted by atomic mass is 16.7. The highest BCUT2D eigenvalue weighted by molar-refractivity contribution is 5.92. The summed E-state index contributed by atoms with van der Waals surface area (Å²) in [5.41, 5.74) is 0.550. The number of rotatable bonds is 5. The van der Waals surface area contributed by atoms with Gasteiger partial charge in [-0.3, -0.25) is 4.79 Å². The molecule has 0 bridgehead atoms. The summed E-state index contributed by atoms with van der Waals surface area (Å²) < 4.78 is 15.7. The average molecular weight is 309 g/mol. The molecule has 1 aliphatic rings. The Morgan fingerprint density at radius 1 is 1.41 bits per heavy atom. The summed E-state index contributed by atoms with van der Waals surface area (Å²) in [6.07, 6.45) is -1.12. The number of carbonyl (C=O) groups excluding carboxylic acids is 1. The van der Waals surface area contributed by atoms with E-state index in [1.165, 1.54) is 0 Å². The Morgan fingerprint density at radius 2 is 2.05 bits per heavy atom. The molecule has 7 heteroatoms. The number of hydrogen-bond acceptors (Lipinski definition) is 6. The van der Waals surface area contributed by atoms with Crippen molar-refractivity contribution in [3.8, 4) is 5.75 Å². The number of ketones is 1. The smallest absolute Gasteiger partial charge is 0.329 e. The van der Waals surface area contributed by atoms with E-state index in [-0.39, 0.29) is 6.61 Å². The zero-order valence-corrected chi connectivity index (χ0v) is 12.7. The van der Waals surface area contributed by atoms with Crippen LogP contribution in [0.3, 0.4) is 0 Å². The van der Waals surface area contributed by atoms with Crippen LogP contribution >= 0.6 is 0 Å². The minimum absolute atomic E-state index is 0.175. The third-order valence-electron chi connectivity index (χ3n) is 3.27. The minimum atomic E-state index is -1.20. The van der Waals surface area contributed by atoms with Crippen LogP contribution in [0.4, 0.5) is 5.69 Å². The lowest BCUT2D eigenvalue weighted by molar-refractivity contribution is -0.260. The van der Waals surface area contributed by atoms with Gasteiger partial charge in [0.25, 0.3) is 0 Å². The van der Waals surface area contributed by atoms with E-state index >= 15 is 0 Å². The molecule has 2 N–H and O–H groups in total. The molecular formula is C15H19NO6. The number of aliphatic carboxylic acids is 1. The van der Waals surface area contributed by atoms with Crippen molar-refractivity contribution in [3.05, 3.63) is 24.3 Å². The first-order chi connectivity index (χ1) is 10.3. The molecule has 1 heterocycles. The molecule has 1 aromatic rings. The standard InChI is InChI=1S/C15H19NO6/c1-15(2)21-8-11(17)13(22-15)12(14(18)19)16-9-4-6-10(20-3)7-5-9/h4-7,12-13,16H,8H2,1-3H3,(H,18,19)/t12-,13+/m0/s1. The molecule has 7 nitrogen and oxygen atoms in total. The summed E-state index contributed by atoms with van der Waals surface area (Å²) in [4.78, 5) is 23.5. The van der Waals surface area contributed by atoms with Crippen molar-refractivity contribution in [1.82, 2.24) is 0 Å². The number of carbonyl (C=O) groups is 2. The van der Waals surface area contributed by atoms with Gasteiger partial charge in [0.05, 0.1) is 7.11 Å². The lowest BCUT2D eigenvalue weighted by Gasteiger charge is -2.37. The van der Waals surface area contributed by atoms with Gasteiger partial charge >= 0.3 is 5.97 Å². The molecule has 0 aromatic heterocycles. The molecule has 2 rings (SSSR count). The second-order valence-corrected chi connectivity index (χ2v) is 5.38. The number of benzene rings is 1. The molecule has 22 heavy (non-hydrogen) atoms. The maximum absolute atomic E-state index is 11.9. The second kappa shape index (κ2) is 6.33. The molecule has 2 atom stereocenters. The summed E-state index contributed by atoms with van der Waals surface area (Å²) >= 11 is 0. The fourth-order valence-corrected chi connectivity index (χ4v) is 2.12. The SMILES string of the molecule is COc1ccc(N[C@H](C(=O)O)[C@@H]2OC(C)(C)OCC2=O)cc1. The van der Waals surface area contributed by atoms with Crippen molar-refractivity contribution < 1.29 is 28.9 Å². The topological polar surface area (TPSA) is 94.1 Å². The van der Waals surface area contributed by atoms with E-state index in [9.17, 15) is 14.7 Å². The number of hydrogen-bond donors (Lipinski definition) is 2. The minimum Gasteiger partial charge on any atom is -0.497 e. The van der Waals surface area contributed by atoms with Crippen LogP contribution in [-0.4, -0.2) is 48.5 Å². The van der Waals surface area contributed by atoms with Crippen molar-refractivity contribution >= 4 is 17.4 Å². The van der Waals surface area contributed by atoms with Gasteiger partial charge in [0.1, 0.15) is 12.4 Å². The molecule has 0 amide bonds. The second-order valence-electron chi connectivity index (χ2n) is 5.38. The zero-order valence-electron chi connectivity index (χ0n) is 12.7. The lowest BCUT2D eigenvalue weighted by atomic mass is 10.0. The first-order valence-corrected chi connectivity index (χ1v) is 6.80. The largest absolute Gasteiger partial charge is 0.497 e. The molecule has 1 aromatic carbocycles. The monoisotopic (exact) mass is 309 g/mol. The Labute approximate surface area is 128 Å². The summed E-state index contributed by atoms with van der Waals surface area (Å²) in [5, 5.41) is 12.2. The molecule has 0 saturated carbocycles. The quantitative estimate of drug-likeness (QED) is 0.846. The number of methoxy groups -OCH3 is 1. The first kappa shape index (κ1) is 16.3. The van der Waals surface area contributed by atoms with Crippen LogP contribution in [0.25, 0.3) is 0 Å². The molecule has 120 valence electrons. The van der Waals surface area contributed by atoms with Crippen LogP contribution in [-0.2, 0) is 19.1 Å². The molecule has 0 spiro atoms. The summed E-state index contributed by atoms with van der Waals surface area (Å²) in [6.45, 7) is 3.10. The van der Waals surface area contributed by atoms with Crippen molar-refractivity contribution in [2.75, 3.05) is 19.0 Å². The molecule has 0 aliphatic carbocycles. The molecule has 0 radical (unpaired) electrons. The van der Waals surface area contributed by atoms with Crippen molar-refractivity contribution in [3.63, 3.8) is 0 Å². The number of ether oxygens (including phenoxy) is 3. The van der Waals surface area contributed by atoms with E-state index in [0.29, 0.717) is 11.4 Å². The van der Waals surface area contributed by atoms with Gasteiger partial charge in [0, 0.05) is 5.69 Å². The molecule has 0 unspecified atom stereocenters. The van der Waals surface area contributed by atoms with Crippen LogP contribution in [0, 0.1) is 0 Å². The van der Waals surface area contributed by atoms with E-state index < -0.39 is 29.7 Å². The van der Waals surface area contributed by atoms with Gasteiger partial charge in [0.2, 0.25) is 0 Å². The Morgan fingerprint density at radius 3 is 2.59 bits per heavy atom. The fraction of sp³-hybridized carbons (Fsp3) is 0.467. The Kier molecular flexibility index (Phi) is 4.68. The number of carboxylic acids is 1. The van der Waals surface area contributed by atoms with Crippen molar-refractivity contribution in [2.45, 2.75) is 31.8 Å². The van der Waals surface area contributed by atoms with E-state index in [1.54, 1.807) is 45.2 Å². The summed E-state index contributed by atoms with van der Waals surface area (Å²) in [5.74, 6) is -1.94. The molecular weight excluding hydrogens is 290 g/mol. The van der Waals surface area contributed by atoms with E-state index in [4.69, 9.17) is 14.2 Å². The Balaban J connectivity index is 2.18. The van der Waals surface area contributed by atoms with Crippen molar-refractivity contribution in [1.29, 1.82) is 0 Å². The maximum atomic E-state index is 11.9. The van der Waals surface area contributed by atoms with Gasteiger partial charge in [-0.15, -0.1) is 0 Å².